The van der Waals surface area contributed by atoms with Gasteiger partial charge in [-0.25, -0.2) is 4.79 Å². The Bertz CT molecular complexity index is 334. The first-order valence-electron chi connectivity index (χ1n) is 4.79. The monoisotopic (exact) mass is 304 g/mol. The summed E-state index contributed by atoms with van der Waals surface area (Å²) in [5, 5.41) is 18.9. The van der Waals surface area contributed by atoms with E-state index in [0.717, 1.165) is 0 Å². The van der Waals surface area contributed by atoms with Crippen LogP contribution in [0.3, 0.4) is 0 Å². The first-order chi connectivity index (χ1) is 8.61. The van der Waals surface area contributed by atoms with Crippen molar-refractivity contribution in [2.24, 2.45) is 0 Å². The molecule has 0 saturated carbocycles. The molecule has 0 fully saturated rings. The third-order valence-electron chi connectivity index (χ3n) is 1.58. The Morgan fingerprint density at radius 1 is 1.11 bits per heavy atom. The quantitative estimate of drug-likeness (QED) is 0.588. The summed E-state index contributed by atoms with van der Waals surface area (Å²) < 4.78 is 35.3. The molecule has 11 heteroatoms. The van der Waals surface area contributed by atoms with E-state index in [0.29, 0.717) is 4.90 Å². The number of carboxylic acids is 2. The molecule has 0 rings (SSSR count). The number of carboxylic acid groups (broad SMARTS) is 2. The lowest BCUT2D eigenvalue weighted by Crippen LogP contribution is -2.45. The van der Waals surface area contributed by atoms with Crippen LogP contribution in [0.1, 0.15) is 0 Å². The van der Waals surface area contributed by atoms with Gasteiger partial charge in [-0.15, -0.1) is 0 Å². The number of thioether (sulfide) groups is 1. The fourth-order valence-corrected chi connectivity index (χ4v) is 1.40. The minimum atomic E-state index is -4.42. The summed E-state index contributed by atoms with van der Waals surface area (Å²) in [5.41, 5.74) is -4.42. The van der Waals surface area contributed by atoms with Crippen molar-refractivity contribution < 1.29 is 37.8 Å². The Balaban J connectivity index is 4.17. The Morgan fingerprint density at radius 2 is 1.58 bits per heavy atom. The van der Waals surface area contributed by atoms with Gasteiger partial charge in [0.25, 0.3) is 0 Å². The van der Waals surface area contributed by atoms with Crippen LogP contribution < -0.4 is 5.32 Å². The third-order valence-corrected chi connectivity index (χ3v) is 2.32. The molecule has 0 spiro atoms. The Hall–Kier alpha value is -1.65. The van der Waals surface area contributed by atoms with Crippen molar-refractivity contribution in [3.8, 4) is 0 Å². The maximum absolute atomic E-state index is 11.8. The smallest absolute Gasteiger partial charge is 0.441 e. The van der Waals surface area contributed by atoms with Gasteiger partial charge in [-0.2, -0.15) is 13.2 Å². The fourth-order valence-electron chi connectivity index (χ4n) is 0.963. The van der Waals surface area contributed by atoms with Crippen LogP contribution in [0.2, 0.25) is 0 Å². The molecule has 3 N–H and O–H groups in total. The van der Waals surface area contributed by atoms with E-state index in [-0.39, 0.29) is 18.3 Å². The van der Waals surface area contributed by atoms with Crippen molar-refractivity contribution in [2.45, 2.75) is 5.51 Å². The molecule has 0 saturated heterocycles. The molecule has 0 aromatic heterocycles. The van der Waals surface area contributed by atoms with Crippen molar-refractivity contribution >= 4 is 29.7 Å². The van der Waals surface area contributed by atoms with E-state index in [2.05, 4.69) is 0 Å². The third kappa shape index (κ3) is 10.00. The number of urea groups is 1. The SMILES string of the molecule is O=C(O)CN(CC(=O)O)C(=O)NCCSC(F)(F)F. The summed E-state index contributed by atoms with van der Waals surface area (Å²) in [5.74, 6) is -3.31. The molecule has 0 radical (unpaired) electrons. The molecule has 0 aliphatic heterocycles. The maximum Gasteiger partial charge on any atom is 0.441 e. The van der Waals surface area contributed by atoms with Crippen LogP contribution in [0.4, 0.5) is 18.0 Å². The van der Waals surface area contributed by atoms with Gasteiger partial charge in [0, 0.05) is 12.3 Å². The second-order valence-corrected chi connectivity index (χ2v) is 4.33. The highest BCUT2D eigenvalue weighted by atomic mass is 32.2. The van der Waals surface area contributed by atoms with Gasteiger partial charge >= 0.3 is 23.5 Å². The zero-order chi connectivity index (χ0) is 15.1. The number of hydrogen-bond acceptors (Lipinski definition) is 4. The fraction of sp³-hybridized carbons (Fsp3) is 0.625. The highest BCUT2D eigenvalue weighted by molar-refractivity contribution is 8.00. The number of nitrogens with zero attached hydrogens (tertiary/aromatic N) is 1. The minimum Gasteiger partial charge on any atom is -0.480 e. The zero-order valence-corrected chi connectivity index (χ0v) is 10.3. The van der Waals surface area contributed by atoms with Crippen LogP contribution >= 0.6 is 11.8 Å². The lowest BCUT2D eigenvalue weighted by Gasteiger charge is -2.19. The van der Waals surface area contributed by atoms with Crippen molar-refractivity contribution in [3.05, 3.63) is 0 Å². The van der Waals surface area contributed by atoms with Gasteiger partial charge in [-0.05, 0) is 11.8 Å². The number of alkyl halides is 3. The molecular weight excluding hydrogens is 293 g/mol. The van der Waals surface area contributed by atoms with E-state index < -0.39 is 42.3 Å². The lowest BCUT2D eigenvalue weighted by molar-refractivity contribution is -0.140. The van der Waals surface area contributed by atoms with Crippen LogP contribution in [0, 0.1) is 0 Å². The van der Waals surface area contributed by atoms with Gasteiger partial charge in [0.2, 0.25) is 0 Å². The number of carbonyl (C=O) groups is 3. The second-order valence-electron chi connectivity index (χ2n) is 3.17. The van der Waals surface area contributed by atoms with Crippen molar-refractivity contribution in [1.29, 1.82) is 0 Å². The van der Waals surface area contributed by atoms with Crippen LogP contribution in [0.5, 0.6) is 0 Å². The molecule has 0 aliphatic carbocycles. The van der Waals surface area contributed by atoms with Gasteiger partial charge in [0.1, 0.15) is 13.1 Å². The molecule has 0 aliphatic rings. The molecule has 7 nitrogen and oxygen atoms in total. The number of nitrogens with one attached hydrogen (secondary N) is 1. The number of aliphatic carboxylic acids is 2. The van der Waals surface area contributed by atoms with E-state index in [1.807, 2.05) is 5.32 Å². The Morgan fingerprint density at radius 3 is 1.95 bits per heavy atom. The second kappa shape index (κ2) is 7.71. The molecule has 0 aromatic rings. The molecule has 0 unspecified atom stereocenters. The van der Waals surface area contributed by atoms with Gasteiger partial charge in [-0.3, -0.25) is 9.59 Å². The van der Waals surface area contributed by atoms with Gasteiger partial charge in [0.05, 0.1) is 0 Å². The molecule has 0 bridgehead atoms. The summed E-state index contributed by atoms with van der Waals surface area (Å²) >= 11 is -0.351. The number of amides is 2. The van der Waals surface area contributed by atoms with E-state index in [9.17, 15) is 27.6 Å². The van der Waals surface area contributed by atoms with Gasteiger partial charge < -0.3 is 20.4 Å². The Kier molecular flexibility index (Phi) is 7.04. The number of halogens is 3. The summed E-state index contributed by atoms with van der Waals surface area (Å²) in [6.45, 7) is -2.08. The molecule has 0 heterocycles. The van der Waals surface area contributed by atoms with Gasteiger partial charge in [-0.1, -0.05) is 0 Å². The van der Waals surface area contributed by atoms with E-state index in [4.69, 9.17) is 10.2 Å². The van der Waals surface area contributed by atoms with Crippen molar-refractivity contribution in [3.63, 3.8) is 0 Å². The zero-order valence-electron chi connectivity index (χ0n) is 9.44. The number of rotatable bonds is 7. The first-order valence-corrected chi connectivity index (χ1v) is 5.77. The summed E-state index contributed by atoms with van der Waals surface area (Å²) in [4.78, 5) is 32.6. The average Bonchev–Trinajstić information content (AvgIpc) is 2.20. The average molecular weight is 304 g/mol. The van der Waals surface area contributed by atoms with E-state index in [1.54, 1.807) is 0 Å². The maximum atomic E-state index is 11.8. The summed E-state index contributed by atoms with van der Waals surface area (Å²) in [6.07, 6.45) is 0. The van der Waals surface area contributed by atoms with E-state index >= 15 is 0 Å². The molecule has 19 heavy (non-hydrogen) atoms. The number of hydrogen-bond donors (Lipinski definition) is 3. The highest BCUT2D eigenvalue weighted by Crippen LogP contribution is 2.29. The van der Waals surface area contributed by atoms with Crippen LogP contribution in [-0.2, 0) is 9.59 Å². The minimum absolute atomic E-state index is 0.351. The molecule has 0 atom stereocenters. The van der Waals surface area contributed by atoms with E-state index in [1.165, 1.54) is 0 Å². The standard InChI is InChI=1S/C8H11F3N2O5S/c9-8(10,11)19-2-1-12-7(18)13(3-5(14)15)4-6(16)17/h1-4H2,(H,12,18)(H,14,15)(H,16,17). The molecule has 0 aromatic carbocycles. The molecular formula is C8H11F3N2O5S. The van der Waals surface area contributed by atoms with Gasteiger partial charge in [0.15, 0.2) is 0 Å². The summed E-state index contributed by atoms with van der Waals surface area (Å²) in [6, 6.07) is -1.05. The molecule has 110 valence electrons. The normalized spacial score (nSPS) is 10.9. The summed E-state index contributed by atoms with van der Waals surface area (Å²) in [7, 11) is 0. The van der Waals surface area contributed by atoms with Crippen LogP contribution in [0.25, 0.3) is 0 Å². The van der Waals surface area contributed by atoms with Crippen molar-refractivity contribution in [2.75, 3.05) is 25.4 Å². The number of carbonyl (C=O) groups excluding carboxylic acids is 1. The Labute approximate surface area is 109 Å². The largest absolute Gasteiger partial charge is 0.480 e. The highest BCUT2D eigenvalue weighted by Gasteiger charge is 2.27. The first kappa shape index (κ1) is 17.4. The van der Waals surface area contributed by atoms with Crippen LogP contribution in [0.15, 0.2) is 0 Å². The van der Waals surface area contributed by atoms with Crippen LogP contribution in [-0.4, -0.2) is 64.0 Å². The van der Waals surface area contributed by atoms with Crippen molar-refractivity contribution in [1.82, 2.24) is 10.2 Å². The topological polar surface area (TPSA) is 107 Å². The predicted molar refractivity (Wildman–Crippen MR) is 58.8 cm³/mol. The predicted octanol–water partition coefficient (Wildman–Crippen LogP) is 0.420. The molecule has 2 amide bonds. The lowest BCUT2D eigenvalue weighted by atomic mass is 10.5.